The van der Waals surface area contributed by atoms with Gasteiger partial charge in [0.15, 0.2) is 0 Å². The van der Waals surface area contributed by atoms with E-state index in [1.807, 2.05) is 6.92 Å². The van der Waals surface area contributed by atoms with Gasteiger partial charge in [-0.15, -0.1) is 0 Å². The first kappa shape index (κ1) is 13.0. The van der Waals surface area contributed by atoms with E-state index in [2.05, 4.69) is 10.6 Å². The molecule has 4 N–H and O–H groups in total. The zero-order valence-electron chi connectivity index (χ0n) is 10.0. The second kappa shape index (κ2) is 5.30. The monoisotopic (exact) mass is 227 g/mol. The summed E-state index contributed by atoms with van der Waals surface area (Å²) in [4.78, 5) is 23.1. The summed E-state index contributed by atoms with van der Waals surface area (Å²) in [5.41, 5.74) is 4.98. The van der Waals surface area contributed by atoms with Crippen LogP contribution in [-0.2, 0) is 9.59 Å². The van der Waals surface area contributed by atoms with Gasteiger partial charge in [0.25, 0.3) is 0 Å². The van der Waals surface area contributed by atoms with E-state index < -0.39 is 5.41 Å². The first-order valence-electron chi connectivity index (χ1n) is 5.79. The van der Waals surface area contributed by atoms with Crippen molar-refractivity contribution in [3.63, 3.8) is 0 Å². The fourth-order valence-corrected chi connectivity index (χ4v) is 1.28. The molecule has 0 saturated heterocycles. The molecule has 0 aliphatic heterocycles. The van der Waals surface area contributed by atoms with Crippen LogP contribution in [0.15, 0.2) is 0 Å². The third-order valence-electron chi connectivity index (χ3n) is 3.13. The quantitative estimate of drug-likeness (QED) is 0.585. The lowest BCUT2D eigenvalue weighted by atomic mass is 9.87. The molecule has 1 rings (SSSR count). The van der Waals surface area contributed by atoms with Crippen LogP contribution in [0.5, 0.6) is 0 Å². The lowest BCUT2D eigenvalue weighted by molar-refractivity contribution is -0.132. The maximum atomic E-state index is 11.8. The van der Waals surface area contributed by atoms with Crippen molar-refractivity contribution in [2.45, 2.75) is 39.2 Å². The summed E-state index contributed by atoms with van der Waals surface area (Å²) >= 11 is 0. The number of carbonyl (C=O) groups is 2. The average Bonchev–Trinajstić information content (AvgIpc) is 3.08. The number of hydrogen-bond acceptors (Lipinski definition) is 3. The maximum absolute atomic E-state index is 11.8. The highest BCUT2D eigenvalue weighted by molar-refractivity contribution is 5.87. The van der Waals surface area contributed by atoms with Crippen molar-refractivity contribution in [1.29, 1.82) is 0 Å². The van der Waals surface area contributed by atoms with Crippen LogP contribution >= 0.6 is 0 Å². The van der Waals surface area contributed by atoms with Gasteiger partial charge in [0.2, 0.25) is 11.8 Å². The third kappa shape index (κ3) is 3.48. The van der Waals surface area contributed by atoms with E-state index in [0.717, 1.165) is 12.8 Å². The van der Waals surface area contributed by atoms with Crippen LogP contribution in [0.25, 0.3) is 0 Å². The van der Waals surface area contributed by atoms with Gasteiger partial charge in [-0.2, -0.15) is 0 Å². The molecule has 0 aromatic rings. The molecule has 1 saturated carbocycles. The molecule has 16 heavy (non-hydrogen) atoms. The molecule has 92 valence electrons. The molecule has 1 atom stereocenters. The first-order chi connectivity index (χ1) is 7.51. The Kier molecular flexibility index (Phi) is 4.29. The van der Waals surface area contributed by atoms with Crippen LogP contribution in [0, 0.1) is 5.41 Å². The lowest BCUT2D eigenvalue weighted by Gasteiger charge is -2.24. The second-order valence-corrected chi connectivity index (χ2v) is 4.64. The second-order valence-electron chi connectivity index (χ2n) is 4.64. The summed E-state index contributed by atoms with van der Waals surface area (Å²) in [6, 6.07) is 0.330. The fourth-order valence-electron chi connectivity index (χ4n) is 1.28. The van der Waals surface area contributed by atoms with E-state index in [1.165, 1.54) is 0 Å². The van der Waals surface area contributed by atoms with E-state index >= 15 is 0 Å². The van der Waals surface area contributed by atoms with Crippen LogP contribution < -0.4 is 16.4 Å². The maximum Gasteiger partial charge on any atom is 0.239 e. The van der Waals surface area contributed by atoms with Crippen molar-refractivity contribution in [2.24, 2.45) is 11.1 Å². The minimum Gasteiger partial charge on any atom is -0.352 e. The normalized spacial score (nSPS) is 18.7. The average molecular weight is 227 g/mol. The molecule has 2 amide bonds. The minimum absolute atomic E-state index is 0.0466. The van der Waals surface area contributed by atoms with Gasteiger partial charge in [0.05, 0.1) is 12.0 Å². The number of rotatable bonds is 6. The molecule has 1 fully saturated rings. The van der Waals surface area contributed by atoms with Crippen LogP contribution in [0.4, 0.5) is 0 Å². The van der Waals surface area contributed by atoms with Gasteiger partial charge in [-0.05, 0) is 26.2 Å². The zero-order valence-corrected chi connectivity index (χ0v) is 10.0. The highest BCUT2D eigenvalue weighted by Crippen LogP contribution is 2.19. The highest BCUT2D eigenvalue weighted by Gasteiger charge is 2.30. The molecule has 0 bridgehead atoms. The Morgan fingerprint density at radius 3 is 2.50 bits per heavy atom. The van der Waals surface area contributed by atoms with Crippen molar-refractivity contribution in [1.82, 2.24) is 10.6 Å². The number of carbonyl (C=O) groups excluding carboxylic acids is 2. The summed E-state index contributed by atoms with van der Waals surface area (Å²) in [7, 11) is 0. The Balaban J connectivity index is 2.29. The number of hydrogen-bond donors (Lipinski definition) is 3. The predicted octanol–water partition coefficient (Wildman–Crippen LogP) is -0.244. The van der Waals surface area contributed by atoms with Crippen molar-refractivity contribution >= 4 is 11.8 Å². The number of nitrogens with one attached hydrogen (secondary N) is 2. The smallest absolute Gasteiger partial charge is 0.239 e. The number of amides is 2. The Bertz CT molecular complexity index is 270. The molecule has 5 heteroatoms. The summed E-state index contributed by atoms with van der Waals surface area (Å²) in [5.74, 6) is -0.269. The van der Waals surface area contributed by atoms with E-state index in [-0.39, 0.29) is 18.4 Å². The topological polar surface area (TPSA) is 84.2 Å². The van der Waals surface area contributed by atoms with Gasteiger partial charge in [0.1, 0.15) is 0 Å². The van der Waals surface area contributed by atoms with Gasteiger partial charge in [0, 0.05) is 12.6 Å². The lowest BCUT2D eigenvalue weighted by Crippen LogP contribution is -2.47. The summed E-state index contributed by atoms with van der Waals surface area (Å²) < 4.78 is 0. The van der Waals surface area contributed by atoms with Gasteiger partial charge in [-0.25, -0.2) is 0 Å². The van der Waals surface area contributed by atoms with Crippen molar-refractivity contribution in [2.75, 3.05) is 13.1 Å². The summed E-state index contributed by atoms with van der Waals surface area (Å²) in [6.45, 7) is 4.06. The molecule has 0 aromatic carbocycles. The molecule has 0 spiro atoms. The molecule has 5 nitrogen and oxygen atoms in total. The van der Waals surface area contributed by atoms with Gasteiger partial charge in [-0.3, -0.25) is 9.59 Å². The number of nitrogens with two attached hydrogens (primary N) is 1. The zero-order chi connectivity index (χ0) is 12.2. The summed E-state index contributed by atoms with van der Waals surface area (Å²) in [5, 5.41) is 5.44. The van der Waals surface area contributed by atoms with E-state index in [1.54, 1.807) is 6.92 Å². The Morgan fingerprint density at radius 1 is 1.44 bits per heavy atom. The molecular formula is C11H21N3O2. The molecule has 0 heterocycles. The van der Waals surface area contributed by atoms with Crippen LogP contribution in [-0.4, -0.2) is 30.9 Å². The first-order valence-corrected chi connectivity index (χ1v) is 5.79. The van der Waals surface area contributed by atoms with Crippen molar-refractivity contribution in [3.05, 3.63) is 0 Å². The van der Waals surface area contributed by atoms with Crippen LogP contribution in [0.3, 0.4) is 0 Å². The van der Waals surface area contributed by atoms with Gasteiger partial charge < -0.3 is 16.4 Å². The Morgan fingerprint density at radius 2 is 2.06 bits per heavy atom. The fraction of sp³-hybridized carbons (Fsp3) is 0.818. The van der Waals surface area contributed by atoms with Crippen molar-refractivity contribution in [3.8, 4) is 0 Å². The molecule has 0 radical (unpaired) electrons. The Hall–Kier alpha value is -1.10. The predicted molar refractivity (Wildman–Crippen MR) is 61.6 cm³/mol. The molecule has 1 aliphatic rings. The Labute approximate surface area is 96.1 Å². The van der Waals surface area contributed by atoms with Crippen molar-refractivity contribution < 1.29 is 9.59 Å². The third-order valence-corrected chi connectivity index (χ3v) is 3.13. The van der Waals surface area contributed by atoms with E-state index in [9.17, 15) is 9.59 Å². The van der Waals surface area contributed by atoms with Crippen LogP contribution in [0.1, 0.15) is 33.1 Å². The van der Waals surface area contributed by atoms with E-state index in [0.29, 0.717) is 19.0 Å². The molecule has 1 aliphatic carbocycles. The van der Waals surface area contributed by atoms with Crippen LogP contribution in [0.2, 0.25) is 0 Å². The molecule has 1 unspecified atom stereocenters. The van der Waals surface area contributed by atoms with E-state index in [4.69, 9.17) is 5.73 Å². The largest absolute Gasteiger partial charge is 0.352 e. The highest BCUT2D eigenvalue weighted by atomic mass is 16.2. The van der Waals surface area contributed by atoms with Gasteiger partial charge in [-0.1, -0.05) is 6.92 Å². The molecular weight excluding hydrogens is 206 g/mol. The van der Waals surface area contributed by atoms with Gasteiger partial charge >= 0.3 is 0 Å². The molecule has 0 aromatic heterocycles. The minimum atomic E-state index is -0.570. The SMILES string of the molecule is CCC(C)(CN)C(=O)NCC(=O)NC1CC1. The standard InChI is InChI=1S/C11H21N3O2/c1-3-11(2,7-12)10(16)13-6-9(15)14-8-4-5-8/h8H,3-7,12H2,1-2H3,(H,13,16)(H,14,15). The summed E-state index contributed by atoms with van der Waals surface area (Å²) in [6.07, 6.45) is 2.77.